The summed E-state index contributed by atoms with van der Waals surface area (Å²) in [5.74, 6) is -1.32. The molecule has 0 unspecified atom stereocenters. The lowest BCUT2D eigenvalue weighted by Crippen LogP contribution is -2.53. The van der Waals surface area contributed by atoms with Gasteiger partial charge in [0, 0.05) is 12.8 Å². The van der Waals surface area contributed by atoms with Crippen LogP contribution >= 0.6 is 0 Å². The molecule has 0 N–H and O–H groups in total. The van der Waals surface area contributed by atoms with Crippen LogP contribution in [0.3, 0.4) is 0 Å². The predicted octanol–water partition coefficient (Wildman–Crippen LogP) is 3.16. The van der Waals surface area contributed by atoms with Crippen LogP contribution in [-0.2, 0) is 9.53 Å². The maximum atomic E-state index is 12.9. The number of esters is 1. The molecule has 0 spiro atoms. The molecule has 9 heteroatoms. The van der Waals surface area contributed by atoms with Crippen LogP contribution < -0.4 is 0 Å². The summed E-state index contributed by atoms with van der Waals surface area (Å²) in [5, 5.41) is 0. The van der Waals surface area contributed by atoms with Crippen LogP contribution in [0.1, 0.15) is 19.8 Å². The number of hydrogen-bond acceptors (Lipinski definition) is 2. The van der Waals surface area contributed by atoms with Crippen molar-refractivity contribution in [3.8, 4) is 0 Å². The van der Waals surface area contributed by atoms with E-state index in [9.17, 15) is 35.5 Å². The quantitative estimate of drug-likeness (QED) is 0.579. The van der Waals surface area contributed by atoms with Gasteiger partial charge in [-0.3, -0.25) is 4.79 Å². The number of rotatable bonds is 4. The van der Waals surface area contributed by atoms with Crippen molar-refractivity contribution in [1.82, 2.24) is 0 Å². The van der Waals surface area contributed by atoms with E-state index in [1.807, 2.05) is 0 Å². The van der Waals surface area contributed by atoms with Gasteiger partial charge in [0.05, 0.1) is 6.61 Å². The topological polar surface area (TPSA) is 26.3 Å². The molecule has 0 aliphatic rings. The summed E-state index contributed by atoms with van der Waals surface area (Å²) >= 11 is 0. The van der Waals surface area contributed by atoms with Crippen LogP contribution in [0.25, 0.3) is 0 Å². The van der Waals surface area contributed by atoms with E-state index in [0.29, 0.717) is 0 Å². The van der Waals surface area contributed by atoms with E-state index in [-0.39, 0.29) is 6.61 Å². The molecule has 0 aromatic rings. The Kier molecular flexibility index (Phi) is 4.79. The third kappa shape index (κ3) is 3.74. The standard InChI is InChI=1S/C8H9F7O2/c1-2-17-5(16)3-4-6(9,7(10,11)12)8(13,14)15/h2-4H2,1H3. The van der Waals surface area contributed by atoms with E-state index < -0.39 is 36.8 Å². The zero-order valence-corrected chi connectivity index (χ0v) is 8.58. The highest BCUT2D eigenvalue weighted by atomic mass is 19.4. The van der Waals surface area contributed by atoms with E-state index >= 15 is 0 Å². The van der Waals surface area contributed by atoms with Crippen LogP contribution in [0.5, 0.6) is 0 Å². The number of ether oxygens (including phenoxy) is 1. The minimum Gasteiger partial charge on any atom is -0.466 e. The van der Waals surface area contributed by atoms with Crippen LogP contribution in [0.15, 0.2) is 0 Å². The second-order valence-electron chi connectivity index (χ2n) is 3.10. The fourth-order valence-electron chi connectivity index (χ4n) is 0.952. The normalized spacial score (nSPS) is 13.6. The second-order valence-corrected chi connectivity index (χ2v) is 3.10. The zero-order valence-electron chi connectivity index (χ0n) is 8.58. The van der Waals surface area contributed by atoms with Crippen molar-refractivity contribution < 1.29 is 40.3 Å². The Morgan fingerprint density at radius 2 is 1.41 bits per heavy atom. The molecular weight excluding hydrogens is 261 g/mol. The number of carbonyl (C=O) groups excluding carboxylic acids is 1. The summed E-state index contributed by atoms with van der Waals surface area (Å²) in [5.41, 5.74) is -5.40. The lowest BCUT2D eigenvalue weighted by Gasteiger charge is -2.29. The largest absolute Gasteiger partial charge is 0.466 e. The Morgan fingerprint density at radius 1 is 1.00 bits per heavy atom. The third-order valence-corrected chi connectivity index (χ3v) is 1.88. The predicted molar refractivity (Wildman–Crippen MR) is 41.8 cm³/mol. The van der Waals surface area contributed by atoms with Crippen LogP contribution in [0, 0.1) is 0 Å². The van der Waals surface area contributed by atoms with Gasteiger partial charge in [0.1, 0.15) is 0 Å². The summed E-state index contributed by atoms with van der Waals surface area (Å²) in [6.07, 6.45) is -15.6. The lowest BCUT2D eigenvalue weighted by atomic mass is 9.98. The third-order valence-electron chi connectivity index (χ3n) is 1.88. The minimum atomic E-state index is -6.13. The number of carbonyl (C=O) groups is 1. The van der Waals surface area contributed by atoms with Crippen molar-refractivity contribution in [3.63, 3.8) is 0 Å². The molecule has 0 aromatic heterocycles. The fourth-order valence-corrected chi connectivity index (χ4v) is 0.952. The van der Waals surface area contributed by atoms with Crippen LogP contribution in [0.4, 0.5) is 30.7 Å². The van der Waals surface area contributed by atoms with Gasteiger partial charge in [-0.15, -0.1) is 0 Å². The van der Waals surface area contributed by atoms with Crippen molar-refractivity contribution in [2.75, 3.05) is 6.61 Å². The van der Waals surface area contributed by atoms with Gasteiger partial charge in [-0.25, -0.2) is 4.39 Å². The molecule has 0 aliphatic heterocycles. The first-order chi connectivity index (χ1) is 7.45. The maximum Gasteiger partial charge on any atom is 0.431 e. The van der Waals surface area contributed by atoms with Gasteiger partial charge in [-0.2, -0.15) is 26.3 Å². The number of hydrogen-bond donors (Lipinski definition) is 0. The van der Waals surface area contributed by atoms with Gasteiger partial charge in [0.25, 0.3) is 5.67 Å². The first-order valence-electron chi connectivity index (χ1n) is 4.43. The van der Waals surface area contributed by atoms with E-state index in [1.165, 1.54) is 6.92 Å². The lowest BCUT2D eigenvalue weighted by molar-refractivity contribution is -0.343. The molecule has 0 aliphatic carbocycles. The van der Waals surface area contributed by atoms with Gasteiger partial charge in [0.15, 0.2) is 0 Å². The van der Waals surface area contributed by atoms with Gasteiger partial charge in [-0.1, -0.05) is 0 Å². The average molecular weight is 270 g/mol. The summed E-state index contributed by atoms with van der Waals surface area (Å²) in [6, 6.07) is 0. The molecule has 102 valence electrons. The Bertz CT molecular complexity index is 254. The Hall–Kier alpha value is -1.02. The molecule has 0 fully saturated rings. The summed E-state index contributed by atoms with van der Waals surface area (Å²) in [6.45, 7) is 1.10. The maximum absolute atomic E-state index is 12.9. The number of halogens is 7. The first-order valence-corrected chi connectivity index (χ1v) is 4.43. The highest BCUT2D eigenvalue weighted by Gasteiger charge is 2.72. The highest BCUT2D eigenvalue weighted by molar-refractivity contribution is 5.69. The SMILES string of the molecule is CCOC(=O)CCC(F)(C(F)(F)F)C(F)(F)F. The molecule has 0 amide bonds. The molecule has 0 aromatic carbocycles. The monoisotopic (exact) mass is 270 g/mol. The Balaban J connectivity index is 4.82. The highest BCUT2D eigenvalue weighted by Crippen LogP contribution is 2.48. The van der Waals surface area contributed by atoms with Crippen molar-refractivity contribution in [2.45, 2.75) is 37.8 Å². The van der Waals surface area contributed by atoms with Gasteiger partial charge in [-0.05, 0) is 6.92 Å². The van der Waals surface area contributed by atoms with Crippen molar-refractivity contribution in [3.05, 3.63) is 0 Å². The molecule has 0 saturated heterocycles. The van der Waals surface area contributed by atoms with Crippen molar-refractivity contribution >= 4 is 5.97 Å². The van der Waals surface area contributed by atoms with E-state index in [0.717, 1.165) is 0 Å². The second kappa shape index (κ2) is 5.09. The molecule has 0 saturated carbocycles. The van der Waals surface area contributed by atoms with Crippen molar-refractivity contribution in [1.29, 1.82) is 0 Å². The van der Waals surface area contributed by atoms with E-state index in [2.05, 4.69) is 4.74 Å². The molecule has 2 nitrogen and oxygen atoms in total. The van der Waals surface area contributed by atoms with E-state index in [1.54, 1.807) is 0 Å². The molecule has 0 radical (unpaired) electrons. The van der Waals surface area contributed by atoms with Crippen molar-refractivity contribution in [2.24, 2.45) is 0 Å². The average Bonchev–Trinajstić information content (AvgIpc) is 2.10. The van der Waals surface area contributed by atoms with Gasteiger partial charge in [0.2, 0.25) is 0 Å². The Morgan fingerprint density at radius 3 is 1.71 bits per heavy atom. The summed E-state index contributed by atoms with van der Waals surface area (Å²) < 4.78 is 89.0. The summed E-state index contributed by atoms with van der Waals surface area (Å²) in [4.78, 5) is 10.6. The molecule has 0 rings (SSSR count). The van der Waals surface area contributed by atoms with Gasteiger partial charge < -0.3 is 4.74 Å². The molecule has 0 heterocycles. The first kappa shape index (κ1) is 16.0. The van der Waals surface area contributed by atoms with Gasteiger partial charge >= 0.3 is 18.3 Å². The van der Waals surface area contributed by atoms with E-state index in [4.69, 9.17) is 0 Å². The van der Waals surface area contributed by atoms with Crippen LogP contribution in [0.2, 0.25) is 0 Å². The van der Waals surface area contributed by atoms with Crippen LogP contribution in [-0.4, -0.2) is 30.6 Å². The number of alkyl halides is 7. The molecule has 0 atom stereocenters. The Labute approximate surface area is 91.7 Å². The zero-order chi connectivity index (χ0) is 13.9. The molecule has 0 bridgehead atoms. The molecular formula is C8H9F7O2. The summed E-state index contributed by atoms with van der Waals surface area (Å²) in [7, 11) is 0. The smallest absolute Gasteiger partial charge is 0.431 e. The molecule has 17 heavy (non-hydrogen) atoms. The fraction of sp³-hybridized carbons (Fsp3) is 0.875. The minimum absolute atomic E-state index is 0.212.